The lowest BCUT2D eigenvalue weighted by Gasteiger charge is -2.38. The SMILES string of the molecule is COc1ccc(C2=NN3[C@@H](C2)c2cc(Cl)cc(Cl)c2O[C@H]3c2ccc(C(C)(C)C)cc2)cc1. The molecule has 0 aromatic heterocycles. The van der Waals surface area contributed by atoms with Crippen LogP contribution in [0.1, 0.15) is 61.7 Å². The zero-order valence-electron chi connectivity index (χ0n) is 19.1. The van der Waals surface area contributed by atoms with E-state index >= 15 is 0 Å². The van der Waals surface area contributed by atoms with E-state index in [9.17, 15) is 0 Å². The summed E-state index contributed by atoms with van der Waals surface area (Å²) >= 11 is 12.9. The molecule has 0 radical (unpaired) electrons. The Hall–Kier alpha value is -2.69. The molecule has 3 aromatic rings. The lowest BCUT2D eigenvalue weighted by atomic mass is 9.86. The first kappa shape index (κ1) is 22.1. The molecule has 0 fully saturated rings. The van der Waals surface area contributed by atoms with Gasteiger partial charge in [-0.1, -0.05) is 68.2 Å². The second-order valence-corrected chi connectivity index (χ2v) is 10.4. The number of hydrogen-bond donors (Lipinski definition) is 0. The number of ether oxygens (including phenoxy) is 2. The van der Waals surface area contributed by atoms with Crippen molar-refractivity contribution in [1.82, 2.24) is 5.01 Å². The van der Waals surface area contributed by atoms with Crippen molar-refractivity contribution < 1.29 is 9.47 Å². The molecule has 0 aliphatic carbocycles. The van der Waals surface area contributed by atoms with Gasteiger partial charge in [-0.2, -0.15) is 5.10 Å². The third kappa shape index (κ3) is 4.07. The molecule has 2 atom stereocenters. The van der Waals surface area contributed by atoms with Gasteiger partial charge in [-0.25, -0.2) is 5.01 Å². The number of nitrogens with zero attached hydrogens (tertiary/aromatic N) is 2. The molecule has 3 aromatic carbocycles. The molecule has 0 bridgehead atoms. The van der Waals surface area contributed by atoms with Crippen LogP contribution in [0.2, 0.25) is 10.0 Å². The van der Waals surface area contributed by atoms with Gasteiger partial charge in [0.1, 0.15) is 11.5 Å². The van der Waals surface area contributed by atoms with E-state index in [4.69, 9.17) is 37.8 Å². The van der Waals surface area contributed by atoms with E-state index in [0.29, 0.717) is 15.8 Å². The zero-order chi connectivity index (χ0) is 23.3. The predicted molar refractivity (Wildman–Crippen MR) is 134 cm³/mol. The minimum Gasteiger partial charge on any atom is -0.497 e. The third-order valence-corrected chi connectivity index (χ3v) is 6.79. The van der Waals surface area contributed by atoms with Crippen LogP contribution in [0.5, 0.6) is 11.5 Å². The fraction of sp³-hybridized carbons (Fsp3) is 0.296. The number of rotatable bonds is 3. The molecule has 0 saturated heterocycles. The van der Waals surface area contributed by atoms with Gasteiger partial charge in [0.25, 0.3) is 0 Å². The van der Waals surface area contributed by atoms with E-state index in [2.05, 4.69) is 45.0 Å². The molecule has 0 unspecified atom stereocenters. The van der Waals surface area contributed by atoms with Crippen molar-refractivity contribution in [3.63, 3.8) is 0 Å². The summed E-state index contributed by atoms with van der Waals surface area (Å²) in [5, 5.41) is 8.17. The molecule has 4 nitrogen and oxygen atoms in total. The number of fused-ring (bicyclic) bond motifs is 3. The molecule has 0 N–H and O–H groups in total. The molecule has 2 aliphatic rings. The second kappa shape index (κ2) is 8.27. The van der Waals surface area contributed by atoms with Crippen LogP contribution in [-0.4, -0.2) is 17.8 Å². The first-order valence-corrected chi connectivity index (χ1v) is 11.8. The Bertz CT molecular complexity index is 1210. The van der Waals surface area contributed by atoms with Gasteiger partial charge in [0.2, 0.25) is 6.23 Å². The Kier molecular flexibility index (Phi) is 5.54. The van der Waals surface area contributed by atoms with Gasteiger partial charge >= 0.3 is 0 Å². The predicted octanol–water partition coefficient (Wildman–Crippen LogP) is 7.54. The van der Waals surface area contributed by atoms with Crippen molar-refractivity contribution in [3.8, 4) is 11.5 Å². The lowest BCUT2D eigenvalue weighted by molar-refractivity contribution is -0.0189. The summed E-state index contributed by atoms with van der Waals surface area (Å²) in [4.78, 5) is 0. The van der Waals surface area contributed by atoms with E-state index in [1.165, 1.54) is 5.56 Å². The average Bonchev–Trinajstić information content (AvgIpc) is 3.24. The molecule has 2 aliphatic heterocycles. The van der Waals surface area contributed by atoms with Gasteiger partial charge in [0.05, 0.1) is 23.9 Å². The standard InChI is InChI=1S/C27H26Cl2N2O2/c1-27(2,3)18-9-5-17(6-10-18)26-31-24(21-13-19(28)14-22(29)25(21)33-26)15-23(30-31)16-7-11-20(32-4)12-8-16/h5-14,24,26H,15H2,1-4H3/t24-,26-/m0/s1. The maximum Gasteiger partial charge on any atom is 0.213 e. The first-order chi connectivity index (χ1) is 15.7. The number of hydrogen-bond acceptors (Lipinski definition) is 4. The van der Waals surface area contributed by atoms with Crippen LogP contribution in [0.4, 0.5) is 0 Å². The van der Waals surface area contributed by atoms with Crippen molar-refractivity contribution in [3.05, 3.63) is 93.0 Å². The number of halogens is 2. The molecule has 33 heavy (non-hydrogen) atoms. The van der Waals surface area contributed by atoms with Crippen molar-refractivity contribution in [2.24, 2.45) is 5.10 Å². The molecule has 0 saturated carbocycles. The summed E-state index contributed by atoms with van der Waals surface area (Å²) in [5.74, 6) is 1.50. The van der Waals surface area contributed by atoms with Crippen LogP contribution in [-0.2, 0) is 5.41 Å². The van der Waals surface area contributed by atoms with Gasteiger partial charge in [-0.05, 0) is 52.9 Å². The van der Waals surface area contributed by atoms with Crippen molar-refractivity contribution in [2.75, 3.05) is 7.11 Å². The van der Waals surface area contributed by atoms with Crippen LogP contribution in [0, 0.1) is 0 Å². The Morgan fingerprint density at radius 2 is 1.70 bits per heavy atom. The molecule has 5 rings (SSSR count). The molecule has 6 heteroatoms. The lowest BCUT2D eigenvalue weighted by Crippen LogP contribution is -2.34. The summed E-state index contributed by atoms with van der Waals surface area (Å²) < 4.78 is 11.8. The fourth-order valence-corrected chi connectivity index (χ4v) is 4.99. The Balaban J connectivity index is 1.57. The van der Waals surface area contributed by atoms with Crippen LogP contribution in [0.15, 0.2) is 65.8 Å². The Labute approximate surface area is 204 Å². The average molecular weight is 481 g/mol. The quantitative estimate of drug-likeness (QED) is 0.388. The number of benzene rings is 3. The molecule has 0 amide bonds. The van der Waals surface area contributed by atoms with Gasteiger partial charge in [0, 0.05) is 22.6 Å². The van der Waals surface area contributed by atoms with Crippen molar-refractivity contribution >= 4 is 28.9 Å². The van der Waals surface area contributed by atoms with Gasteiger partial charge in [-0.15, -0.1) is 0 Å². The van der Waals surface area contributed by atoms with E-state index in [1.54, 1.807) is 13.2 Å². The van der Waals surface area contributed by atoms with Crippen LogP contribution < -0.4 is 9.47 Å². The second-order valence-electron chi connectivity index (χ2n) is 9.52. The molecular formula is C27H26Cl2N2O2. The normalized spacial score (nSPS) is 19.5. The topological polar surface area (TPSA) is 34.1 Å². The Morgan fingerprint density at radius 1 is 1.00 bits per heavy atom. The fourth-order valence-electron chi connectivity index (χ4n) is 4.44. The highest BCUT2D eigenvalue weighted by Crippen LogP contribution is 2.50. The molecular weight excluding hydrogens is 455 g/mol. The summed E-state index contributed by atoms with van der Waals surface area (Å²) in [6.45, 7) is 6.63. The molecule has 0 spiro atoms. The number of hydrazone groups is 1. The molecule has 2 heterocycles. The van der Waals surface area contributed by atoms with E-state index in [-0.39, 0.29) is 17.7 Å². The minimum atomic E-state index is -0.383. The van der Waals surface area contributed by atoms with Crippen molar-refractivity contribution in [1.29, 1.82) is 0 Å². The third-order valence-electron chi connectivity index (χ3n) is 6.29. The van der Waals surface area contributed by atoms with E-state index < -0.39 is 0 Å². The van der Waals surface area contributed by atoms with E-state index in [0.717, 1.165) is 34.6 Å². The smallest absolute Gasteiger partial charge is 0.213 e. The largest absolute Gasteiger partial charge is 0.497 e. The highest BCUT2D eigenvalue weighted by atomic mass is 35.5. The highest BCUT2D eigenvalue weighted by Gasteiger charge is 2.42. The van der Waals surface area contributed by atoms with Crippen LogP contribution in [0.25, 0.3) is 0 Å². The number of methoxy groups -OCH3 is 1. The maximum absolute atomic E-state index is 6.58. The maximum atomic E-state index is 6.58. The van der Waals surface area contributed by atoms with Gasteiger partial charge in [0.15, 0.2) is 0 Å². The van der Waals surface area contributed by atoms with Gasteiger partial charge in [-0.3, -0.25) is 0 Å². The summed E-state index contributed by atoms with van der Waals surface area (Å²) in [7, 11) is 1.67. The van der Waals surface area contributed by atoms with Gasteiger partial charge < -0.3 is 9.47 Å². The van der Waals surface area contributed by atoms with Crippen LogP contribution >= 0.6 is 23.2 Å². The summed E-state index contributed by atoms with van der Waals surface area (Å²) in [5.41, 5.74) is 5.39. The summed E-state index contributed by atoms with van der Waals surface area (Å²) in [6.07, 6.45) is 0.349. The monoisotopic (exact) mass is 480 g/mol. The Morgan fingerprint density at radius 3 is 2.33 bits per heavy atom. The van der Waals surface area contributed by atoms with Crippen molar-refractivity contribution in [2.45, 2.75) is 44.9 Å². The van der Waals surface area contributed by atoms with E-state index in [1.807, 2.05) is 35.3 Å². The highest BCUT2D eigenvalue weighted by molar-refractivity contribution is 6.35. The zero-order valence-corrected chi connectivity index (χ0v) is 20.6. The summed E-state index contributed by atoms with van der Waals surface area (Å²) in [6, 6.07) is 20.2. The molecule has 170 valence electrons. The minimum absolute atomic E-state index is 0.0191. The first-order valence-electron chi connectivity index (χ1n) is 11.0. The van der Waals surface area contributed by atoms with Crippen LogP contribution in [0.3, 0.4) is 0 Å².